The molecular formula is C23H27N5O3S. The predicted molar refractivity (Wildman–Crippen MR) is 121 cm³/mol. The lowest BCUT2D eigenvalue weighted by Gasteiger charge is -2.23. The van der Waals surface area contributed by atoms with Gasteiger partial charge in [0.1, 0.15) is 12.1 Å². The Bertz CT molecular complexity index is 1050. The van der Waals surface area contributed by atoms with E-state index in [1.807, 2.05) is 49.1 Å². The first-order valence-electron chi connectivity index (χ1n) is 10.7. The van der Waals surface area contributed by atoms with Crippen LogP contribution in [0, 0.1) is 5.92 Å². The van der Waals surface area contributed by atoms with Crippen molar-refractivity contribution in [2.45, 2.75) is 37.8 Å². The van der Waals surface area contributed by atoms with Gasteiger partial charge in [-0.2, -0.15) is 0 Å². The van der Waals surface area contributed by atoms with E-state index in [1.54, 1.807) is 17.8 Å². The molecule has 0 bridgehead atoms. The number of amides is 2. The van der Waals surface area contributed by atoms with Gasteiger partial charge >= 0.3 is 0 Å². The largest absolute Gasteiger partial charge is 0.472 e. The first-order chi connectivity index (χ1) is 15.5. The number of benzene rings is 1. The molecule has 2 amide bonds. The van der Waals surface area contributed by atoms with Crippen LogP contribution >= 0.6 is 11.8 Å². The Kier molecular flexibility index (Phi) is 6.94. The SMILES string of the molecule is CC(C)[C@H](NC(=O)c1ccoc1)c1nnc2n1CCN(C(=O)CSc1ccccc1)CC2. The average molecular weight is 454 g/mol. The molecule has 0 spiro atoms. The minimum atomic E-state index is -0.297. The number of nitrogens with one attached hydrogen (secondary N) is 1. The molecule has 1 atom stereocenters. The van der Waals surface area contributed by atoms with Gasteiger partial charge in [-0.15, -0.1) is 22.0 Å². The number of hydrogen-bond acceptors (Lipinski definition) is 6. The summed E-state index contributed by atoms with van der Waals surface area (Å²) in [6.07, 6.45) is 3.54. The third-order valence-corrected chi connectivity index (χ3v) is 6.52. The maximum atomic E-state index is 12.8. The second kappa shape index (κ2) is 10.0. The fourth-order valence-corrected chi connectivity index (χ4v) is 4.55. The van der Waals surface area contributed by atoms with E-state index in [1.165, 1.54) is 12.5 Å². The molecule has 4 rings (SSSR count). The summed E-state index contributed by atoms with van der Waals surface area (Å²) >= 11 is 1.55. The van der Waals surface area contributed by atoms with E-state index >= 15 is 0 Å². The van der Waals surface area contributed by atoms with E-state index in [0.717, 1.165) is 16.5 Å². The van der Waals surface area contributed by atoms with Crippen molar-refractivity contribution < 1.29 is 14.0 Å². The summed E-state index contributed by atoms with van der Waals surface area (Å²) in [5.74, 6) is 2.00. The van der Waals surface area contributed by atoms with Crippen LogP contribution in [0.4, 0.5) is 0 Å². The molecule has 0 saturated carbocycles. The molecule has 0 saturated heterocycles. The van der Waals surface area contributed by atoms with Gasteiger partial charge in [0.25, 0.3) is 5.91 Å². The molecule has 3 aromatic rings. The highest BCUT2D eigenvalue weighted by Gasteiger charge is 2.28. The summed E-state index contributed by atoms with van der Waals surface area (Å²) in [7, 11) is 0. The molecule has 3 heterocycles. The first kappa shape index (κ1) is 22.1. The zero-order valence-corrected chi connectivity index (χ0v) is 19.0. The Morgan fingerprint density at radius 2 is 1.94 bits per heavy atom. The van der Waals surface area contributed by atoms with E-state index in [2.05, 4.69) is 20.1 Å². The monoisotopic (exact) mass is 453 g/mol. The highest BCUT2D eigenvalue weighted by Crippen LogP contribution is 2.24. The number of carbonyl (C=O) groups is 2. The predicted octanol–water partition coefficient (Wildman–Crippen LogP) is 3.18. The van der Waals surface area contributed by atoms with E-state index in [9.17, 15) is 9.59 Å². The number of rotatable bonds is 7. The van der Waals surface area contributed by atoms with Gasteiger partial charge in [0.15, 0.2) is 5.82 Å². The quantitative estimate of drug-likeness (QED) is 0.553. The highest BCUT2D eigenvalue weighted by molar-refractivity contribution is 8.00. The van der Waals surface area contributed by atoms with Crippen LogP contribution in [-0.4, -0.2) is 50.3 Å². The molecule has 0 radical (unpaired) electrons. The first-order valence-corrected chi connectivity index (χ1v) is 11.7. The molecule has 32 heavy (non-hydrogen) atoms. The molecule has 0 aliphatic carbocycles. The van der Waals surface area contributed by atoms with Crippen LogP contribution in [0.25, 0.3) is 0 Å². The minimum Gasteiger partial charge on any atom is -0.472 e. The Balaban J connectivity index is 1.42. The Morgan fingerprint density at radius 3 is 2.66 bits per heavy atom. The van der Waals surface area contributed by atoms with Gasteiger partial charge in [-0.1, -0.05) is 32.0 Å². The number of thioether (sulfide) groups is 1. The fourth-order valence-electron chi connectivity index (χ4n) is 3.73. The molecule has 1 aromatic carbocycles. The summed E-state index contributed by atoms with van der Waals surface area (Å²) in [4.78, 5) is 28.4. The average Bonchev–Trinajstić information content (AvgIpc) is 3.42. The number of aromatic nitrogens is 3. The molecule has 8 nitrogen and oxygen atoms in total. The van der Waals surface area contributed by atoms with Gasteiger partial charge in [-0.05, 0) is 24.1 Å². The van der Waals surface area contributed by atoms with Crippen LogP contribution in [0.1, 0.15) is 41.9 Å². The molecule has 0 unspecified atom stereocenters. The number of hydrogen-bond donors (Lipinski definition) is 1. The smallest absolute Gasteiger partial charge is 0.255 e. The van der Waals surface area contributed by atoms with E-state index in [-0.39, 0.29) is 23.8 Å². The van der Waals surface area contributed by atoms with Gasteiger partial charge in [0, 0.05) is 31.0 Å². The standard InChI is InChI=1S/C23H27N5O3S/c1-16(2)21(24-23(30)17-9-13-31-14-17)22-26-25-19-8-10-27(11-12-28(19)22)20(29)15-32-18-6-4-3-5-7-18/h3-7,9,13-14,16,21H,8,10-12,15H2,1-2H3,(H,24,30)/t21-/m0/s1. The van der Waals surface area contributed by atoms with Gasteiger partial charge in [-0.3, -0.25) is 9.59 Å². The van der Waals surface area contributed by atoms with Crippen LogP contribution in [0.15, 0.2) is 58.2 Å². The van der Waals surface area contributed by atoms with Crippen LogP contribution in [-0.2, 0) is 17.8 Å². The van der Waals surface area contributed by atoms with Crippen molar-refractivity contribution in [3.63, 3.8) is 0 Å². The lowest BCUT2D eigenvalue weighted by atomic mass is 10.0. The van der Waals surface area contributed by atoms with Crippen LogP contribution in [0.2, 0.25) is 0 Å². The van der Waals surface area contributed by atoms with Gasteiger partial charge < -0.3 is 19.2 Å². The lowest BCUT2D eigenvalue weighted by molar-refractivity contribution is -0.128. The van der Waals surface area contributed by atoms with Crippen molar-refractivity contribution in [2.75, 3.05) is 18.8 Å². The Labute approximate surface area is 191 Å². The van der Waals surface area contributed by atoms with Crippen molar-refractivity contribution >= 4 is 23.6 Å². The molecule has 168 valence electrons. The van der Waals surface area contributed by atoms with Crippen LogP contribution in [0.3, 0.4) is 0 Å². The molecule has 9 heteroatoms. The zero-order chi connectivity index (χ0) is 22.5. The fraction of sp³-hybridized carbons (Fsp3) is 0.391. The second-order valence-corrected chi connectivity index (χ2v) is 9.11. The Morgan fingerprint density at radius 1 is 1.12 bits per heavy atom. The third-order valence-electron chi connectivity index (χ3n) is 5.53. The third kappa shape index (κ3) is 5.04. The maximum Gasteiger partial charge on any atom is 0.255 e. The Hall–Kier alpha value is -3.07. The summed E-state index contributed by atoms with van der Waals surface area (Å²) in [5.41, 5.74) is 0.471. The van der Waals surface area contributed by atoms with Gasteiger partial charge in [0.2, 0.25) is 5.91 Å². The van der Waals surface area contributed by atoms with Crippen molar-refractivity contribution in [3.05, 3.63) is 66.1 Å². The summed E-state index contributed by atoms with van der Waals surface area (Å²) < 4.78 is 7.08. The van der Waals surface area contributed by atoms with Crippen molar-refractivity contribution in [1.82, 2.24) is 25.0 Å². The van der Waals surface area contributed by atoms with Crippen LogP contribution in [0.5, 0.6) is 0 Å². The van der Waals surface area contributed by atoms with Crippen LogP contribution < -0.4 is 5.32 Å². The van der Waals surface area contributed by atoms with Crippen molar-refractivity contribution in [2.24, 2.45) is 5.92 Å². The van der Waals surface area contributed by atoms with E-state index in [0.29, 0.717) is 37.4 Å². The zero-order valence-electron chi connectivity index (χ0n) is 18.2. The molecule has 2 aromatic heterocycles. The molecule has 0 fully saturated rings. The molecule has 1 N–H and O–H groups in total. The molecule has 1 aliphatic heterocycles. The summed E-state index contributed by atoms with van der Waals surface area (Å²) in [6.45, 7) is 5.88. The maximum absolute atomic E-state index is 12.8. The molecule has 1 aliphatic rings. The van der Waals surface area contributed by atoms with Gasteiger partial charge in [0.05, 0.1) is 23.6 Å². The number of fused-ring (bicyclic) bond motifs is 1. The van der Waals surface area contributed by atoms with Gasteiger partial charge in [-0.25, -0.2) is 0 Å². The van der Waals surface area contributed by atoms with E-state index in [4.69, 9.17) is 4.42 Å². The minimum absolute atomic E-state index is 0.113. The number of furan rings is 1. The summed E-state index contributed by atoms with van der Waals surface area (Å²) in [6, 6.07) is 11.3. The lowest BCUT2D eigenvalue weighted by Crippen LogP contribution is -2.36. The highest BCUT2D eigenvalue weighted by atomic mass is 32.2. The number of carbonyl (C=O) groups excluding carboxylic acids is 2. The van der Waals surface area contributed by atoms with Crippen molar-refractivity contribution in [1.29, 1.82) is 0 Å². The van der Waals surface area contributed by atoms with E-state index < -0.39 is 0 Å². The molecular weight excluding hydrogens is 426 g/mol. The normalized spacial score (nSPS) is 14.7. The van der Waals surface area contributed by atoms with Crippen molar-refractivity contribution in [3.8, 4) is 0 Å². The topological polar surface area (TPSA) is 93.3 Å². The second-order valence-electron chi connectivity index (χ2n) is 8.07. The number of nitrogens with zero attached hydrogens (tertiary/aromatic N) is 4. The summed E-state index contributed by atoms with van der Waals surface area (Å²) in [5, 5.41) is 11.8.